The molecule has 0 heterocycles. The summed E-state index contributed by atoms with van der Waals surface area (Å²) in [6, 6.07) is 19.0. The smallest absolute Gasteiger partial charge is 0.163 e. The normalized spacial score (nSPS) is 17.0. The van der Waals surface area contributed by atoms with Gasteiger partial charge in [-0.1, -0.05) is 36.4 Å². The molecule has 2 heteroatoms. The number of ether oxygens (including phenoxy) is 1. The van der Waals surface area contributed by atoms with Crippen molar-refractivity contribution in [2.75, 3.05) is 0 Å². The Labute approximate surface area is 153 Å². The standard InChI is InChI=1S/C24H22O2/c25-22-13-11-21-20(22)12-14-23(26-19-7-3-4-8-19)24(21)18-10-9-16-5-1-2-6-17(16)15-18/h1-2,5-6,9-10,12,14-15,19H,3-4,7-8,11,13H2. The van der Waals surface area contributed by atoms with E-state index >= 15 is 0 Å². The molecule has 0 spiro atoms. The molecule has 0 amide bonds. The number of carbonyl (C=O) groups excluding carboxylic acids is 1. The second kappa shape index (κ2) is 6.28. The molecule has 2 nitrogen and oxygen atoms in total. The Morgan fingerprint density at radius 2 is 1.65 bits per heavy atom. The van der Waals surface area contributed by atoms with E-state index in [1.165, 1.54) is 29.2 Å². The van der Waals surface area contributed by atoms with Crippen molar-refractivity contribution in [3.05, 3.63) is 65.7 Å². The summed E-state index contributed by atoms with van der Waals surface area (Å²) in [7, 11) is 0. The van der Waals surface area contributed by atoms with Crippen molar-refractivity contribution in [2.24, 2.45) is 0 Å². The molecule has 0 radical (unpaired) electrons. The second-order valence-corrected chi connectivity index (χ2v) is 7.47. The molecular formula is C24H22O2. The average molecular weight is 342 g/mol. The number of hydrogen-bond donors (Lipinski definition) is 0. The van der Waals surface area contributed by atoms with Crippen LogP contribution in [0.15, 0.2) is 54.6 Å². The number of ketones is 1. The van der Waals surface area contributed by atoms with E-state index in [4.69, 9.17) is 4.74 Å². The number of rotatable bonds is 3. The van der Waals surface area contributed by atoms with Crippen LogP contribution < -0.4 is 4.74 Å². The summed E-state index contributed by atoms with van der Waals surface area (Å²) in [6.07, 6.45) is 6.50. The highest BCUT2D eigenvalue weighted by molar-refractivity contribution is 6.03. The Morgan fingerprint density at radius 3 is 2.50 bits per heavy atom. The maximum Gasteiger partial charge on any atom is 0.163 e. The van der Waals surface area contributed by atoms with Gasteiger partial charge in [-0.05, 0) is 72.2 Å². The highest BCUT2D eigenvalue weighted by Crippen LogP contribution is 2.41. The molecule has 1 fully saturated rings. The second-order valence-electron chi connectivity index (χ2n) is 7.47. The first-order valence-electron chi connectivity index (χ1n) is 9.64. The topological polar surface area (TPSA) is 26.3 Å². The molecule has 130 valence electrons. The largest absolute Gasteiger partial charge is 0.490 e. The molecule has 0 N–H and O–H groups in total. The molecule has 2 aliphatic carbocycles. The predicted molar refractivity (Wildman–Crippen MR) is 105 cm³/mol. The molecule has 0 atom stereocenters. The van der Waals surface area contributed by atoms with E-state index in [0.717, 1.165) is 41.7 Å². The van der Waals surface area contributed by atoms with Crippen molar-refractivity contribution in [1.29, 1.82) is 0 Å². The Morgan fingerprint density at radius 1 is 0.846 bits per heavy atom. The molecule has 26 heavy (non-hydrogen) atoms. The first kappa shape index (κ1) is 15.6. The Kier molecular flexibility index (Phi) is 3.77. The SMILES string of the molecule is O=C1CCc2c1ccc(OC1CCCC1)c2-c1ccc2ccccc2c1. The zero-order valence-corrected chi connectivity index (χ0v) is 14.8. The van der Waals surface area contributed by atoms with Crippen molar-refractivity contribution >= 4 is 16.6 Å². The lowest BCUT2D eigenvalue weighted by atomic mass is 9.94. The fraction of sp³-hybridized carbons (Fsp3) is 0.292. The minimum atomic E-state index is 0.259. The van der Waals surface area contributed by atoms with E-state index in [1.807, 2.05) is 12.1 Å². The van der Waals surface area contributed by atoms with Gasteiger partial charge in [0, 0.05) is 17.5 Å². The van der Waals surface area contributed by atoms with Crippen LogP contribution in [0.1, 0.15) is 48.0 Å². The molecule has 1 saturated carbocycles. The van der Waals surface area contributed by atoms with Gasteiger partial charge in [0.25, 0.3) is 0 Å². The third-order valence-electron chi connectivity index (χ3n) is 5.81. The molecular weight excluding hydrogens is 320 g/mol. The van der Waals surface area contributed by atoms with Crippen LogP contribution in [0.25, 0.3) is 21.9 Å². The van der Waals surface area contributed by atoms with Gasteiger partial charge in [-0.2, -0.15) is 0 Å². The number of Topliss-reactive ketones (excluding diaryl/α,β-unsaturated/α-hetero) is 1. The van der Waals surface area contributed by atoms with Gasteiger partial charge in [0.2, 0.25) is 0 Å². The summed E-state index contributed by atoms with van der Waals surface area (Å²) in [5, 5.41) is 2.46. The predicted octanol–water partition coefficient (Wildman–Crippen LogP) is 5.96. The van der Waals surface area contributed by atoms with Crippen LogP contribution in [-0.2, 0) is 6.42 Å². The number of fused-ring (bicyclic) bond motifs is 2. The van der Waals surface area contributed by atoms with Gasteiger partial charge >= 0.3 is 0 Å². The van der Waals surface area contributed by atoms with E-state index in [1.54, 1.807) is 0 Å². The van der Waals surface area contributed by atoms with E-state index in [9.17, 15) is 4.79 Å². The number of benzene rings is 3. The van der Waals surface area contributed by atoms with Gasteiger partial charge in [-0.15, -0.1) is 0 Å². The fourth-order valence-electron chi connectivity index (χ4n) is 4.47. The molecule has 3 aromatic rings. The Hall–Kier alpha value is -2.61. The van der Waals surface area contributed by atoms with Crippen LogP contribution >= 0.6 is 0 Å². The van der Waals surface area contributed by atoms with E-state index in [-0.39, 0.29) is 5.78 Å². The van der Waals surface area contributed by atoms with Crippen molar-refractivity contribution in [2.45, 2.75) is 44.6 Å². The molecule has 5 rings (SSSR count). The van der Waals surface area contributed by atoms with Gasteiger partial charge in [0.1, 0.15) is 5.75 Å². The Balaban J connectivity index is 1.67. The molecule has 3 aromatic carbocycles. The van der Waals surface area contributed by atoms with Gasteiger partial charge < -0.3 is 4.74 Å². The van der Waals surface area contributed by atoms with Crippen LogP contribution in [0.4, 0.5) is 0 Å². The molecule has 0 saturated heterocycles. The number of carbonyl (C=O) groups is 1. The average Bonchev–Trinajstić information content (AvgIpc) is 3.31. The maximum absolute atomic E-state index is 12.3. The monoisotopic (exact) mass is 342 g/mol. The molecule has 0 bridgehead atoms. The van der Waals surface area contributed by atoms with Gasteiger partial charge in [-0.3, -0.25) is 4.79 Å². The van der Waals surface area contributed by atoms with E-state index in [2.05, 4.69) is 42.5 Å². The quantitative estimate of drug-likeness (QED) is 0.587. The van der Waals surface area contributed by atoms with Crippen LogP contribution in [-0.4, -0.2) is 11.9 Å². The highest BCUT2D eigenvalue weighted by Gasteiger charge is 2.27. The van der Waals surface area contributed by atoms with Crippen molar-refractivity contribution in [1.82, 2.24) is 0 Å². The fourth-order valence-corrected chi connectivity index (χ4v) is 4.47. The zero-order chi connectivity index (χ0) is 17.5. The van der Waals surface area contributed by atoms with Crippen LogP contribution in [0.5, 0.6) is 5.75 Å². The zero-order valence-electron chi connectivity index (χ0n) is 14.8. The Bertz CT molecular complexity index is 996. The lowest BCUT2D eigenvalue weighted by Crippen LogP contribution is -2.12. The lowest BCUT2D eigenvalue weighted by Gasteiger charge is -2.19. The van der Waals surface area contributed by atoms with E-state index < -0.39 is 0 Å². The summed E-state index contributed by atoms with van der Waals surface area (Å²) in [6.45, 7) is 0. The molecule has 0 unspecified atom stereocenters. The summed E-state index contributed by atoms with van der Waals surface area (Å²) >= 11 is 0. The minimum Gasteiger partial charge on any atom is -0.490 e. The van der Waals surface area contributed by atoms with Crippen LogP contribution in [0.3, 0.4) is 0 Å². The summed E-state index contributed by atoms with van der Waals surface area (Å²) in [4.78, 5) is 12.3. The highest BCUT2D eigenvalue weighted by atomic mass is 16.5. The van der Waals surface area contributed by atoms with Gasteiger partial charge in [0.05, 0.1) is 6.10 Å². The third-order valence-corrected chi connectivity index (χ3v) is 5.81. The first-order valence-corrected chi connectivity index (χ1v) is 9.64. The molecule has 0 aromatic heterocycles. The first-order chi connectivity index (χ1) is 12.8. The van der Waals surface area contributed by atoms with Crippen molar-refractivity contribution in [3.8, 4) is 16.9 Å². The van der Waals surface area contributed by atoms with Gasteiger partial charge in [-0.25, -0.2) is 0 Å². The van der Waals surface area contributed by atoms with Crippen LogP contribution in [0.2, 0.25) is 0 Å². The van der Waals surface area contributed by atoms with Crippen molar-refractivity contribution < 1.29 is 9.53 Å². The third kappa shape index (κ3) is 2.61. The van der Waals surface area contributed by atoms with Crippen LogP contribution in [0, 0.1) is 0 Å². The number of hydrogen-bond acceptors (Lipinski definition) is 2. The minimum absolute atomic E-state index is 0.259. The maximum atomic E-state index is 12.3. The summed E-state index contributed by atoms with van der Waals surface area (Å²) < 4.78 is 6.42. The van der Waals surface area contributed by atoms with E-state index in [0.29, 0.717) is 12.5 Å². The summed E-state index contributed by atoms with van der Waals surface area (Å²) in [5.74, 6) is 1.20. The molecule has 2 aliphatic rings. The summed E-state index contributed by atoms with van der Waals surface area (Å²) in [5.41, 5.74) is 4.34. The molecule has 0 aliphatic heterocycles. The van der Waals surface area contributed by atoms with Crippen molar-refractivity contribution in [3.63, 3.8) is 0 Å². The van der Waals surface area contributed by atoms with Gasteiger partial charge in [0.15, 0.2) is 5.78 Å². The lowest BCUT2D eigenvalue weighted by molar-refractivity contribution is 0.0994.